The minimum atomic E-state index is 0.600. The summed E-state index contributed by atoms with van der Waals surface area (Å²) in [5.74, 6) is 0. The van der Waals surface area contributed by atoms with Crippen LogP contribution in [0.1, 0.15) is 33.4 Å². The van der Waals surface area contributed by atoms with Crippen LogP contribution in [-0.2, 0) is 0 Å². The average Bonchev–Trinajstić information content (AvgIpc) is 3.18. The highest BCUT2D eigenvalue weighted by Crippen LogP contribution is 2.61. The van der Waals surface area contributed by atoms with E-state index in [0.717, 1.165) is 56.4 Å². The van der Waals surface area contributed by atoms with Crippen LogP contribution in [0.2, 0.25) is 0 Å². The Labute approximate surface area is 325 Å². The van der Waals surface area contributed by atoms with E-state index in [0.29, 0.717) is 11.1 Å². The summed E-state index contributed by atoms with van der Waals surface area (Å²) in [5.41, 5.74) is 16.2. The zero-order valence-corrected chi connectivity index (χ0v) is 31.9. The van der Waals surface area contributed by atoms with Gasteiger partial charge in [0.1, 0.15) is 0 Å². The third-order valence-corrected chi connectivity index (χ3v) is 12.3. The third-order valence-electron chi connectivity index (χ3n) is 10.1. The van der Waals surface area contributed by atoms with E-state index < -0.39 is 0 Å². The lowest BCUT2D eigenvalue weighted by molar-refractivity contribution is 1.11. The number of anilines is 6. The van der Waals surface area contributed by atoms with E-state index in [9.17, 15) is 10.5 Å². The van der Waals surface area contributed by atoms with E-state index in [1.807, 2.05) is 36.4 Å². The van der Waals surface area contributed by atoms with Gasteiger partial charge in [-0.3, -0.25) is 0 Å². The van der Waals surface area contributed by atoms with Crippen LogP contribution in [-0.4, -0.2) is 0 Å². The maximum atomic E-state index is 10.1. The molecule has 0 aromatic heterocycles. The molecule has 2 heterocycles. The van der Waals surface area contributed by atoms with Gasteiger partial charge in [0, 0.05) is 30.7 Å². The maximum Gasteiger partial charge on any atom is 0.0991 e. The highest BCUT2D eigenvalue weighted by Gasteiger charge is 2.35. The number of aryl methyl sites for hydroxylation is 4. The molecule has 0 aliphatic carbocycles. The van der Waals surface area contributed by atoms with Crippen molar-refractivity contribution in [1.29, 1.82) is 10.5 Å². The summed E-state index contributed by atoms with van der Waals surface area (Å²) in [4.78, 5) is 9.57. The van der Waals surface area contributed by atoms with Crippen LogP contribution in [0.4, 0.5) is 34.1 Å². The van der Waals surface area contributed by atoms with Crippen LogP contribution in [0, 0.1) is 50.4 Å². The molecule has 258 valence electrons. The zero-order chi connectivity index (χ0) is 37.1. The van der Waals surface area contributed by atoms with Crippen LogP contribution >= 0.6 is 23.5 Å². The largest absolute Gasteiger partial charge is 0.306 e. The summed E-state index contributed by atoms with van der Waals surface area (Å²) in [6, 6.07) is 51.8. The third kappa shape index (κ3) is 5.72. The first-order valence-corrected chi connectivity index (χ1v) is 19.5. The number of hydrogen-bond donors (Lipinski definition) is 0. The number of benzene rings is 7. The highest BCUT2D eigenvalue weighted by molar-refractivity contribution is 8.00. The Kier molecular flexibility index (Phi) is 8.32. The normalized spacial score (nSPS) is 12.6. The lowest BCUT2D eigenvalue weighted by atomic mass is 9.91. The molecule has 7 aromatic rings. The Morgan fingerprint density at radius 2 is 0.741 bits per heavy atom. The lowest BCUT2D eigenvalue weighted by Gasteiger charge is -2.41. The van der Waals surface area contributed by atoms with Gasteiger partial charge in [-0.25, -0.2) is 0 Å². The lowest BCUT2D eigenvalue weighted by Crippen LogP contribution is -2.22. The maximum absolute atomic E-state index is 10.1. The van der Waals surface area contributed by atoms with Gasteiger partial charge >= 0.3 is 0 Å². The minimum absolute atomic E-state index is 0.600. The Morgan fingerprint density at radius 3 is 1.06 bits per heavy atom. The van der Waals surface area contributed by atoms with Crippen LogP contribution in [0.15, 0.2) is 153 Å². The first kappa shape index (κ1) is 33.6. The number of nitrogens with zero attached hydrogens (tertiary/aromatic N) is 4. The van der Waals surface area contributed by atoms with Crippen LogP contribution in [0.5, 0.6) is 0 Å². The predicted molar refractivity (Wildman–Crippen MR) is 223 cm³/mol. The van der Waals surface area contributed by atoms with Crippen molar-refractivity contribution >= 4 is 57.6 Å². The van der Waals surface area contributed by atoms with Gasteiger partial charge in [-0.1, -0.05) is 84.2 Å². The van der Waals surface area contributed by atoms with Crippen molar-refractivity contribution in [3.8, 4) is 34.4 Å². The highest BCUT2D eigenvalue weighted by atomic mass is 32.2. The predicted octanol–water partition coefficient (Wildman–Crippen LogP) is 13.9. The van der Waals surface area contributed by atoms with Gasteiger partial charge in [-0.15, -0.1) is 0 Å². The molecular weight excluding hydrogens is 697 g/mol. The number of fused-ring (bicyclic) bond motifs is 4. The monoisotopic (exact) mass is 730 g/mol. The SMILES string of the molecule is Cc1ccc2c(c1)Sc1cc(C)ccc1N2c1c(-c2cccc(C#N)c2)ccc(-c2cccc(C#N)c2)c1N1c2ccc(C)cc2Sc2cc(C)ccc21. The standard InChI is InChI=1S/C48H34N4S2/c1-29-11-17-39-43(21-29)53-44-22-30(2)12-18-40(44)51(39)47-37(35-9-5-7-33(25-35)27-49)15-16-38(36-10-6-8-34(26-36)28-50)48(47)52-41-19-13-31(3)23-45(41)54-46-24-32(4)14-20-42(46)52/h5-26H,1-4H3. The van der Waals surface area contributed by atoms with Crippen molar-refractivity contribution in [1.82, 2.24) is 0 Å². The van der Waals surface area contributed by atoms with Gasteiger partial charge in [-0.2, -0.15) is 10.5 Å². The molecule has 2 aliphatic heterocycles. The zero-order valence-electron chi connectivity index (χ0n) is 30.3. The molecule has 54 heavy (non-hydrogen) atoms. The molecule has 4 nitrogen and oxygen atoms in total. The van der Waals surface area contributed by atoms with Crippen molar-refractivity contribution in [2.45, 2.75) is 47.3 Å². The molecule has 0 saturated carbocycles. The van der Waals surface area contributed by atoms with Gasteiger partial charge < -0.3 is 9.80 Å². The minimum Gasteiger partial charge on any atom is -0.306 e. The van der Waals surface area contributed by atoms with Gasteiger partial charge in [0.2, 0.25) is 0 Å². The molecule has 0 fully saturated rings. The molecule has 0 saturated heterocycles. The number of rotatable bonds is 4. The molecule has 7 aromatic carbocycles. The molecule has 6 heteroatoms. The summed E-state index contributed by atoms with van der Waals surface area (Å²) in [6.45, 7) is 8.58. The van der Waals surface area contributed by atoms with Crippen LogP contribution in [0.25, 0.3) is 22.3 Å². The second-order valence-corrected chi connectivity index (χ2v) is 16.2. The Bertz CT molecular complexity index is 2480. The molecule has 0 amide bonds. The first-order valence-electron chi connectivity index (χ1n) is 17.9. The quantitative estimate of drug-likeness (QED) is 0.180. The van der Waals surface area contributed by atoms with Gasteiger partial charge in [0.15, 0.2) is 0 Å². The molecule has 2 aliphatic rings. The van der Waals surface area contributed by atoms with Crippen molar-refractivity contribution in [2.24, 2.45) is 0 Å². The van der Waals surface area contributed by atoms with Crippen LogP contribution in [0.3, 0.4) is 0 Å². The van der Waals surface area contributed by atoms with Gasteiger partial charge in [-0.05, 0) is 134 Å². The molecule has 0 N–H and O–H groups in total. The molecule has 0 bridgehead atoms. The molecule has 9 rings (SSSR count). The topological polar surface area (TPSA) is 54.1 Å². The van der Waals surface area contributed by atoms with Crippen molar-refractivity contribution in [3.05, 3.63) is 167 Å². The summed E-state index contributed by atoms with van der Waals surface area (Å²) >= 11 is 3.61. The molecule has 0 unspecified atom stereocenters. The molecule has 0 spiro atoms. The van der Waals surface area contributed by atoms with Crippen molar-refractivity contribution < 1.29 is 0 Å². The van der Waals surface area contributed by atoms with E-state index in [4.69, 9.17) is 0 Å². The fourth-order valence-electron chi connectivity index (χ4n) is 7.54. The fourth-order valence-corrected chi connectivity index (χ4v) is 10.0. The average molecular weight is 731 g/mol. The van der Waals surface area contributed by atoms with E-state index in [-0.39, 0.29) is 0 Å². The van der Waals surface area contributed by atoms with E-state index in [1.165, 1.54) is 41.8 Å². The Hall–Kier alpha value is -6.18. The van der Waals surface area contributed by atoms with Gasteiger partial charge in [0.25, 0.3) is 0 Å². The van der Waals surface area contributed by atoms with E-state index >= 15 is 0 Å². The number of nitriles is 2. The van der Waals surface area contributed by atoms with Crippen molar-refractivity contribution in [3.63, 3.8) is 0 Å². The molecule has 0 radical (unpaired) electrons. The summed E-state index contributed by atoms with van der Waals surface area (Å²) in [7, 11) is 0. The Balaban J connectivity index is 1.49. The second-order valence-electron chi connectivity index (χ2n) is 14.0. The van der Waals surface area contributed by atoms with E-state index in [2.05, 4.69) is 147 Å². The van der Waals surface area contributed by atoms with Crippen molar-refractivity contribution in [2.75, 3.05) is 9.80 Å². The summed E-state index contributed by atoms with van der Waals surface area (Å²) in [6.07, 6.45) is 0. The summed E-state index contributed by atoms with van der Waals surface area (Å²) in [5, 5.41) is 20.2. The molecular formula is C48H34N4S2. The first-order chi connectivity index (χ1) is 26.3. The second kappa shape index (κ2) is 13.3. The smallest absolute Gasteiger partial charge is 0.0991 e. The summed E-state index contributed by atoms with van der Waals surface area (Å²) < 4.78 is 0. The molecule has 0 atom stereocenters. The van der Waals surface area contributed by atoms with E-state index in [1.54, 1.807) is 23.5 Å². The fraction of sp³-hybridized carbons (Fsp3) is 0.0833. The Morgan fingerprint density at radius 1 is 0.407 bits per heavy atom. The number of hydrogen-bond acceptors (Lipinski definition) is 6. The van der Waals surface area contributed by atoms with Crippen LogP contribution < -0.4 is 9.80 Å². The van der Waals surface area contributed by atoms with Gasteiger partial charge in [0.05, 0.1) is 57.4 Å².